The summed E-state index contributed by atoms with van der Waals surface area (Å²) in [6, 6.07) is -0.625. The topological polar surface area (TPSA) is 99.1 Å². The van der Waals surface area contributed by atoms with E-state index in [0.717, 1.165) is 64.2 Å². The fourth-order valence-electron chi connectivity index (χ4n) is 6.72. The molecule has 0 aliphatic heterocycles. The highest BCUT2D eigenvalue weighted by Crippen LogP contribution is 2.14. The van der Waals surface area contributed by atoms with E-state index in [1.807, 2.05) is 21.1 Å². The van der Waals surface area contributed by atoms with Crippen LogP contribution in [0.5, 0.6) is 0 Å². The van der Waals surface area contributed by atoms with Crippen LogP contribution < -0.4 is 0 Å². The van der Waals surface area contributed by atoms with Crippen LogP contribution in [0.3, 0.4) is 0 Å². The van der Waals surface area contributed by atoms with Crippen molar-refractivity contribution >= 4 is 17.9 Å². The van der Waals surface area contributed by atoms with Gasteiger partial charge in [-0.25, -0.2) is 4.79 Å². The molecule has 0 saturated heterocycles. The summed E-state index contributed by atoms with van der Waals surface area (Å²) in [4.78, 5) is 37.0. The maximum atomic E-state index is 12.7. The van der Waals surface area contributed by atoms with E-state index >= 15 is 0 Å². The van der Waals surface area contributed by atoms with Crippen LogP contribution >= 0.6 is 0 Å². The van der Waals surface area contributed by atoms with Gasteiger partial charge in [0.2, 0.25) is 0 Å². The lowest BCUT2D eigenvalue weighted by Gasteiger charge is -2.31. The van der Waals surface area contributed by atoms with E-state index in [0.29, 0.717) is 19.3 Å². The molecule has 0 heterocycles. The van der Waals surface area contributed by atoms with Gasteiger partial charge < -0.3 is 23.8 Å². The predicted molar refractivity (Wildman–Crippen MR) is 247 cm³/mol. The number of esters is 2. The lowest BCUT2D eigenvalue weighted by atomic mass is 10.1. The van der Waals surface area contributed by atoms with Crippen molar-refractivity contribution < 1.29 is 38.2 Å². The van der Waals surface area contributed by atoms with Gasteiger partial charge in [0.05, 0.1) is 34.4 Å². The summed E-state index contributed by atoms with van der Waals surface area (Å²) in [5, 5.41) is 9.62. The Morgan fingerprint density at radius 2 is 0.949 bits per heavy atom. The van der Waals surface area contributed by atoms with Crippen molar-refractivity contribution in [1.29, 1.82) is 0 Å². The van der Waals surface area contributed by atoms with E-state index in [2.05, 4.69) is 74.6 Å². The largest absolute Gasteiger partial charge is 0.477 e. The Morgan fingerprint density at radius 1 is 0.525 bits per heavy atom. The van der Waals surface area contributed by atoms with Crippen LogP contribution in [0.1, 0.15) is 194 Å². The molecule has 0 aromatic rings. The van der Waals surface area contributed by atoms with Gasteiger partial charge in [-0.1, -0.05) is 158 Å². The lowest BCUT2D eigenvalue weighted by molar-refractivity contribution is -0.887. The molecule has 0 fully saturated rings. The van der Waals surface area contributed by atoms with Gasteiger partial charge in [0.25, 0.3) is 0 Å². The number of rotatable bonds is 42. The minimum atomic E-state index is -0.884. The van der Waals surface area contributed by atoms with Crippen molar-refractivity contribution in [2.45, 2.75) is 206 Å². The Morgan fingerprint density at radius 3 is 1.44 bits per heavy atom. The molecule has 8 heteroatoms. The number of likely N-dealkylation sites (N-methyl/N-ethyl adjacent to an activating group) is 1. The number of nitrogens with zero attached hydrogens (tertiary/aromatic N) is 1. The highest BCUT2D eigenvalue weighted by Gasteiger charge is 2.31. The molecule has 0 aromatic heterocycles. The summed E-state index contributed by atoms with van der Waals surface area (Å²) in [7, 11) is 5.51. The molecule has 59 heavy (non-hydrogen) atoms. The maximum Gasteiger partial charge on any atom is 0.362 e. The zero-order valence-electron chi connectivity index (χ0n) is 38.7. The normalized spacial score (nSPS) is 13.4. The molecule has 0 bridgehead atoms. The molecule has 0 aromatic carbocycles. The summed E-state index contributed by atoms with van der Waals surface area (Å²) in [6.07, 6.45) is 51.4. The Labute approximate surface area is 362 Å². The zero-order chi connectivity index (χ0) is 43.5. The molecule has 1 N–H and O–H groups in total. The Kier molecular flexibility index (Phi) is 39.6. The fraction of sp³-hybridized carbons (Fsp3) is 0.745. The maximum absolute atomic E-state index is 12.7. The molecule has 0 rings (SSSR count). The molecule has 0 saturated carbocycles. The molecule has 2 atom stereocenters. The number of carboxylic acids is 1. The first-order valence-electron chi connectivity index (χ1n) is 23.8. The molecule has 0 radical (unpaired) electrons. The molecule has 0 aliphatic carbocycles. The summed E-state index contributed by atoms with van der Waals surface area (Å²) >= 11 is 0. The molecular formula is C51H90NO7+. The van der Waals surface area contributed by atoms with Crippen molar-refractivity contribution in [2.75, 3.05) is 41.0 Å². The average molecular weight is 829 g/mol. The second kappa shape index (κ2) is 41.8. The molecule has 340 valence electrons. The third-order valence-electron chi connectivity index (χ3n) is 10.4. The standard InChI is InChI=1S/C51H89NO7/c1-6-8-10-12-14-16-18-20-21-22-23-24-25-26-27-28-29-30-32-33-35-37-39-41-49(53)58-46-47(45-57-44-43-48(51(55)56)52(3,4)5)59-50(54)42-40-38-36-34-31-19-17-15-13-11-9-7-2/h9,11,15,17,23-24,26-27,31,34,47-48H,6-8,10,12-14,16,18-22,25,28-30,32-33,35-46H2,1-5H3/p+1/b11-9+,17-15+,24-23+,27-26+,34-31+. The highest BCUT2D eigenvalue weighted by atomic mass is 16.6. The second-order valence-electron chi connectivity index (χ2n) is 17.0. The molecule has 0 spiro atoms. The van der Waals surface area contributed by atoms with Crippen molar-refractivity contribution in [3.05, 3.63) is 60.8 Å². The van der Waals surface area contributed by atoms with Crippen LogP contribution in [-0.4, -0.2) is 80.6 Å². The van der Waals surface area contributed by atoms with Crippen LogP contribution in [0.2, 0.25) is 0 Å². The van der Waals surface area contributed by atoms with Gasteiger partial charge in [0.15, 0.2) is 12.1 Å². The molecular weight excluding hydrogens is 739 g/mol. The highest BCUT2D eigenvalue weighted by molar-refractivity contribution is 5.72. The number of carboxylic acid groups (broad SMARTS) is 1. The summed E-state index contributed by atoms with van der Waals surface area (Å²) < 4.78 is 17.2. The predicted octanol–water partition coefficient (Wildman–Crippen LogP) is 13.4. The smallest absolute Gasteiger partial charge is 0.362 e. The number of hydrogen-bond acceptors (Lipinski definition) is 6. The number of hydrogen-bond donors (Lipinski definition) is 1. The van der Waals surface area contributed by atoms with E-state index in [1.54, 1.807) is 0 Å². The first kappa shape index (κ1) is 56.0. The van der Waals surface area contributed by atoms with E-state index in [1.165, 1.54) is 89.9 Å². The van der Waals surface area contributed by atoms with E-state index in [4.69, 9.17) is 14.2 Å². The SMILES string of the molecule is CC/C=C/C/C=C/C/C=C/CCCCC(=O)OC(COCCC(C(=O)O)[N+](C)(C)C)COC(=O)CCCCCCCCC/C=C/C/C=C/CCCCCCCCCCC. The summed E-state index contributed by atoms with van der Waals surface area (Å²) in [5.74, 6) is -1.53. The molecule has 0 amide bonds. The van der Waals surface area contributed by atoms with Crippen LogP contribution in [0.15, 0.2) is 60.8 Å². The third kappa shape index (κ3) is 40.2. The van der Waals surface area contributed by atoms with E-state index in [-0.39, 0.29) is 42.7 Å². The number of carbonyl (C=O) groups excluding carboxylic acids is 2. The van der Waals surface area contributed by atoms with Gasteiger partial charge in [-0.05, 0) is 77.0 Å². The van der Waals surface area contributed by atoms with Crippen molar-refractivity contribution in [1.82, 2.24) is 0 Å². The number of aliphatic carboxylic acids is 1. The van der Waals surface area contributed by atoms with Gasteiger partial charge in [-0.2, -0.15) is 0 Å². The quantitative estimate of drug-likeness (QED) is 0.0283. The Balaban J connectivity index is 4.26. The van der Waals surface area contributed by atoms with Crippen LogP contribution in [0.25, 0.3) is 0 Å². The summed E-state index contributed by atoms with van der Waals surface area (Å²) in [6.45, 7) is 4.57. The van der Waals surface area contributed by atoms with Crippen LogP contribution in [0, 0.1) is 0 Å². The van der Waals surface area contributed by atoms with Crippen molar-refractivity contribution in [2.24, 2.45) is 0 Å². The number of unbranched alkanes of at least 4 members (excludes halogenated alkanes) is 18. The minimum absolute atomic E-state index is 0.0409. The van der Waals surface area contributed by atoms with Crippen LogP contribution in [-0.2, 0) is 28.6 Å². The lowest BCUT2D eigenvalue weighted by Crippen LogP contribution is -2.50. The second-order valence-corrected chi connectivity index (χ2v) is 17.0. The van der Waals surface area contributed by atoms with Gasteiger partial charge >= 0.3 is 17.9 Å². The Bertz CT molecular complexity index is 1150. The third-order valence-corrected chi connectivity index (χ3v) is 10.4. The molecule has 0 aliphatic rings. The monoisotopic (exact) mass is 829 g/mol. The fourth-order valence-corrected chi connectivity index (χ4v) is 6.72. The van der Waals surface area contributed by atoms with Crippen molar-refractivity contribution in [3.63, 3.8) is 0 Å². The van der Waals surface area contributed by atoms with E-state index in [9.17, 15) is 19.5 Å². The first-order valence-corrected chi connectivity index (χ1v) is 23.8. The average Bonchev–Trinajstić information content (AvgIpc) is 3.19. The first-order chi connectivity index (χ1) is 28.6. The van der Waals surface area contributed by atoms with Crippen molar-refractivity contribution in [3.8, 4) is 0 Å². The number of quaternary nitrogens is 1. The molecule has 8 nitrogen and oxygen atoms in total. The number of carbonyl (C=O) groups is 3. The van der Waals surface area contributed by atoms with E-state index < -0.39 is 18.1 Å². The van der Waals surface area contributed by atoms with Crippen LogP contribution in [0.4, 0.5) is 0 Å². The van der Waals surface area contributed by atoms with Gasteiger partial charge in [-0.15, -0.1) is 0 Å². The molecule has 2 unspecified atom stereocenters. The Hall–Kier alpha value is -2.97. The van der Waals surface area contributed by atoms with Gasteiger partial charge in [-0.3, -0.25) is 9.59 Å². The van der Waals surface area contributed by atoms with Gasteiger partial charge in [0.1, 0.15) is 6.61 Å². The number of allylic oxidation sites excluding steroid dienone is 10. The zero-order valence-corrected chi connectivity index (χ0v) is 38.7. The van der Waals surface area contributed by atoms with Gasteiger partial charge in [0, 0.05) is 19.3 Å². The summed E-state index contributed by atoms with van der Waals surface area (Å²) in [5.41, 5.74) is 0. The number of ether oxygens (including phenoxy) is 3. The minimum Gasteiger partial charge on any atom is -0.477 e.